The van der Waals surface area contributed by atoms with Gasteiger partial charge in [0.1, 0.15) is 11.5 Å². The van der Waals surface area contributed by atoms with Crippen LogP contribution < -0.4 is 5.43 Å². The number of benzene rings is 2. The number of nitrogens with one attached hydrogen (secondary N) is 1. The number of furan rings is 1. The van der Waals surface area contributed by atoms with Crippen molar-refractivity contribution >= 4 is 17.8 Å². The van der Waals surface area contributed by atoms with Gasteiger partial charge in [-0.3, -0.25) is 14.9 Å². The van der Waals surface area contributed by atoms with E-state index in [0.29, 0.717) is 22.6 Å². The van der Waals surface area contributed by atoms with Crippen LogP contribution in [-0.4, -0.2) is 17.0 Å². The summed E-state index contributed by atoms with van der Waals surface area (Å²) in [6.45, 7) is 0. The van der Waals surface area contributed by atoms with E-state index >= 15 is 0 Å². The van der Waals surface area contributed by atoms with E-state index in [1.165, 1.54) is 18.3 Å². The Morgan fingerprint density at radius 1 is 1.04 bits per heavy atom. The van der Waals surface area contributed by atoms with Crippen LogP contribution in [0.2, 0.25) is 0 Å². The lowest BCUT2D eigenvalue weighted by Crippen LogP contribution is -2.17. The van der Waals surface area contributed by atoms with Crippen LogP contribution in [0, 0.1) is 10.1 Å². The number of rotatable bonds is 5. The zero-order valence-corrected chi connectivity index (χ0v) is 13.0. The fourth-order valence-electron chi connectivity index (χ4n) is 2.13. The van der Waals surface area contributed by atoms with Gasteiger partial charge in [-0.2, -0.15) is 5.10 Å². The SMILES string of the molecule is O=C(N/N=C/c1ccc(-c2ccc([N+](=O)[O-])cc2)o1)c1ccccc1. The van der Waals surface area contributed by atoms with Gasteiger partial charge in [0.2, 0.25) is 0 Å². The summed E-state index contributed by atoms with van der Waals surface area (Å²) in [6.07, 6.45) is 1.38. The fourth-order valence-corrected chi connectivity index (χ4v) is 2.13. The Balaban J connectivity index is 1.65. The topological polar surface area (TPSA) is 97.7 Å². The van der Waals surface area contributed by atoms with Gasteiger partial charge < -0.3 is 4.42 Å². The highest BCUT2D eigenvalue weighted by atomic mass is 16.6. The number of carbonyl (C=O) groups is 1. The quantitative estimate of drug-likeness (QED) is 0.437. The molecule has 0 aliphatic heterocycles. The van der Waals surface area contributed by atoms with Crippen LogP contribution in [0.5, 0.6) is 0 Å². The molecule has 124 valence electrons. The number of nitro groups is 1. The highest BCUT2D eigenvalue weighted by Gasteiger charge is 2.08. The molecule has 3 aromatic rings. The third-order valence-corrected chi connectivity index (χ3v) is 3.38. The standard InChI is InChI=1S/C18H13N3O4/c22-18(14-4-2-1-3-5-14)20-19-12-16-10-11-17(25-16)13-6-8-15(9-7-13)21(23)24/h1-12H,(H,20,22)/b19-12+. The van der Waals surface area contributed by atoms with E-state index in [-0.39, 0.29) is 11.6 Å². The largest absolute Gasteiger partial charge is 0.455 e. The van der Waals surface area contributed by atoms with Crippen molar-refractivity contribution in [3.8, 4) is 11.3 Å². The van der Waals surface area contributed by atoms with Crippen molar-refractivity contribution < 1.29 is 14.1 Å². The van der Waals surface area contributed by atoms with Gasteiger partial charge in [0.15, 0.2) is 0 Å². The molecule has 1 aromatic heterocycles. The Morgan fingerprint density at radius 2 is 1.76 bits per heavy atom. The Morgan fingerprint density at radius 3 is 2.44 bits per heavy atom. The van der Waals surface area contributed by atoms with Gasteiger partial charge in [-0.25, -0.2) is 5.43 Å². The molecule has 1 amide bonds. The van der Waals surface area contributed by atoms with Crippen molar-refractivity contribution in [1.82, 2.24) is 5.43 Å². The molecule has 1 heterocycles. The molecule has 3 rings (SSSR count). The molecular weight excluding hydrogens is 322 g/mol. The molecule has 0 saturated heterocycles. The Hall–Kier alpha value is -3.74. The van der Waals surface area contributed by atoms with Gasteiger partial charge >= 0.3 is 0 Å². The number of hydrogen-bond acceptors (Lipinski definition) is 5. The molecule has 25 heavy (non-hydrogen) atoms. The summed E-state index contributed by atoms with van der Waals surface area (Å²) in [4.78, 5) is 22.0. The predicted molar refractivity (Wildman–Crippen MR) is 92.3 cm³/mol. The molecule has 7 nitrogen and oxygen atoms in total. The first kappa shape index (κ1) is 16.1. The number of nitro benzene ring substituents is 1. The summed E-state index contributed by atoms with van der Waals surface area (Å²) in [5, 5.41) is 14.5. The average Bonchev–Trinajstić information content (AvgIpc) is 3.11. The number of amides is 1. The summed E-state index contributed by atoms with van der Waals surface area (Å²) in [6, 6.07) is 18.2. The van der Waals surface area contributed by atoms with Crippen LogP contribution in [-0.2, 0) is 0 Å². The first-order valence-electron chi connectivity index (χ1n) is 7.36. The van der Waals surface area contributed by atoms with Gasteiger partial charge in [0, 0.05) is 23.3 Å². The summed E-state index contributed by atoms with van der Waals surface area (Å²) < 4.78 is 5.59. The summed E-state index contributed by atoms with van der Waals surface area (Å²) in [5.74, 6) is 0.673. The maximum absolute atomic E-state index is 11.8. The van der Waals surface area contributed by atoms with Gasteiger partial charge in [-0.05, 0) is 36.4 Å². The van der Waals surface area contributed by atoms with Gasteiger partial charge in [-0.15, -0.1) is 0 Å². The Kier molecular flexibility index (Phi) is 4.66. The third-order valence-electron chi connectivity index (χ3n) is 3.38. The van der Waals surface area contributed by atoms with E-state index in [9.17, 15) is 14.9 Å². The second-order valence-electron chi connectivity index (χ2n) is 5.07. The van der Waals surface area contributed by atoms with Crippen molar-refractivity contribution in [2.45, 2.75) is 0 Å². The average molecular weight is 335 g/mol. The Bertz CT molecular complexity index is 915. The van der Waals surface area contributed by atoms with E-state index < -0.39 is 4.92 Å². The first-order chi connectivity index (χ1) is 12.1. The highest BCUT2D eigenvalue weighted by molar-refractivity contribution is 5.94. The lowest BCUT2D eigenvalue weighted by Gasteiger charge is -1.98. The van der Waals surface area contributed by atoms with Gasteiger partial charge in [0.05, 0.1) is 11.1 Å². The van der Waals surface area contributed by atoms with E-state index in [1.807, 2.05) is 6.07 Å². The van der Waals surface area contributed by atoms with Crippen LogP contribution in [0.1, 0.15) is 16.1 Å². The first-order valence-corrected chi connectivity index (χ1v) is 7.36. The lowest BCUT2D eigenvalue weighted by atomic mass is 10.1. The van der Waals surface area contributed by atoms with E-state index in [0.717, 1.165) is 0 Å². The third kappa shape index (κ3) is 3.97. The van der Waals surface area contributed by atoms with Crippen LogP contribution in [0.3, 0.4) is 0 Å². The minimum atomic E-state index is -0.459. The number of hydrazone groups is 1. The second kappa shape index (κ2) is 7.22. The number of carbonyl (C=O) groups excluding carboxylic acids is 1. The fraction of sp³-hybridized carbons (Fsp3) is 0. The minimum absolute atomic E-state index is 0.0146. The number of hydrogen-bond donors (Lipinski definition) is 1. The van der Waals surface area contributed by atoms with Crippen molar-refractivity contribution in [2.75, 3.05) is 0 Å². The van der Waals surface area contributed by atoms with Gasteiger partial charge in [0.25, 0.3) is 11.6 Å². The Labute approximate surface area is 142 Å². The molecule has 0 saturated carbocycles. The lowest BCUT2D eigenvalue weighted by molar-refractivity contribution is -0.384. The second-order valence-corrected chi connectivity index (χ2v) is 5.07. The molecular formula is C18H13N3O4. The monoisotopic (exact) mass is 335 g/mol. The van der Waals surface area contributed by atoms with E-state index in [1.54, 1.807) is 48.5 Å². The molecule has 0 bridgehead atoms. The smallest absolute Gasteiger partial charge is 0.271 e. The van der Waals surface area contributed by atoms with Crippen molar-refractivity contribution in [3.63, 3.8) is 0 Å². The van der Waals surface area contributed by atoms with Gasteiger partial charge in [-0.1, -0.05) is 18.2 Å². The normalized spacial score (nSPS) is 10.7. The molecule has 0 atom stereocenters. The summed E-state index contributed by atoms with van der Waals surface area (Å²) in [5.41, 5.74) is 3.64. The molecule has 0 aliphatic rings. The predicted octanol–water partition coefficient (Wildman–Crippen LogP) is 3.62. The van der Waals surface area contributed by atoms with Crippen LogP contribution in [0.15, 0.2) is 76.2 Å². The van der Waals surface area contributed by atoms with E-state index in [4.69, 9.17) is 4.42 Å². The van der Waals surface area contributed by atoms with Crippen LogP contribution >= 0.6 is 0 Å². The van der Waals surface area contributed by atoms with E-state index in [2.05, 4.69) is 10.5 Å². The molecule has 0 radical (unpaired) electrons. The van der Waals surface area contributed by atoms with Crippen LogP contribution in [0.4, 0.5) is 5.69 Å². The zero-order valence-electron chi connectivity index (χ0n) is 13.0. The molecule has 0 spiro atoms. The minimum Gasteiger partial charge on any atom is -0.455 e. The molecule has 7 heteroatoms. The summed E-state index contributed by atoms with van der Waals surface area (Å²) in [7, 11) is 0. The number of nitrogens with zero attached hydrogens (tertiary/aromatic N) is 2. The summed E-state index contributed by atoms with van der Waals surface area (Å²) >= 11 is 0. The molecule has 1 N–H and O–H groups in total. The van der Waals surface area contributed by atoms with Crippen molar-refractivity contribution in [2.24, 2.45) is 5.10 Å². The molecule has 0 aliphatic carbocycles. The van der Waals surface area contributed by atoms with Crippen molar-refractivity contribution in [1.29, 1.82) is 0 Å². The zero-order chi connectivity index (χ0) is 17.6. The maximum atomic E-state index is 11.8. The van der Waals surface area contributed by atoms with Crippen LogP contribution in [0.25, 0.3) is 11.3 Å². The molecule has 0 unspecified atom stereocenters. The maximum Gasteiger partial charge on any atom is 0.271 e. The highest BCUT2D eigenvalue weighted by Crippen LogP contribution is 2.23. The molecule has 0 fully saturated rings. The molecule has 2 aromatic carbocycles. The van der Waals surface area contributed by atoms with Crippen molar-refractivity contribution in [3.05, 3.63) is 88.2 Å². The number of non-ortho nitro benzene ring substituents is 1.